The highest BCUT2D eigenvalue weighted by molar-refractivity contribution is 6.30. The molecular formula is C15H11Cl2N3. The lowest BCUT2D eigenvalue weighted by Crippen LogP contribution is -1.96. The maximum Gasteiger partial charge on any atom is 0.226 e. The highest BCUT2D eigenvalue weighted by Gasteiger charge is 2.11. The number of nitrogens with zero attached hydrogens (tertiary/aromatic N) is 3. The van der Waals surface area contributed by atoms with Gasteiger partial charge in [0.1, 0.15) is 0 Å². The number of halogens is 2. The van der Waals surface area contributed by atoms with Gasteiger partial charge in [-0.3, -0.25) is 0 Å². The van der Waals surface area contributed by atoms with Gasteiger partial charge in [-0.15, -0.1) is 5.10 Å². The average molecular weight is 304 g/mol. The first-order valence-corrected chi connectivity index (χ1v) is 6.84. The number of benzene rings is 2. The monoisotopic (exact) mass is 303 g/mol. The zero-order chi connectivity index (χ0) is 14.1. The molecule has 3 aromatic rings. The Morgan fingerprint density at radius 3 is 2.20 bits per heavy atom. The van der Waals surface area contributed by atoms with E-state index < -0.39 is 0 Å². The normalized spacial score (nSPS) is 10.8. The third-order valence-electron chi connectivity index (χ3n) is 2.95. The SMILES string of the molecule is Cc1ccc(-c2nc(Cl)n(-c3ccc(Cl)cc3)n2)cc1. The Morgan fingerprint density at radius 2 is 1.55 bits per heavy atom. The number of hydrogen-bond acceptors (Lipinski definition) is 2. The molecule has 0 aliphatic heterocycles. The lowest BCUT2D eigenvalue weighted by Gasteiger charge is -2.01. The van der Waals surface area contributed by atoms with Gasteiger partial charge in [-0.05, 0) is 42.8 Å². The summed E-state index contributed by atoms with van der Waals surface area (Å²) in [6.07, 6.45) is 0. The second-order valence-electron chi connectivity index (χ2n) is 4.46. The molecule has 100 valence electrons. The molecule has 5 heteroatoms. The van der Waals surface area contributed by atoms with Crippen LogP contribution in [0.1, 0.15) is 5.56 Å². The summed E-state index contributed by atoms with van der Waals surface area (Å²) >= 11 is 12.0. The summed E-state index contributed by atoms with van der Waals surface area (Å²) in [5, 5.41) is 5.43. The minimum atomic E-state index is 0.322. The fourth-order valence-electron chi connectivity index (χ4n) is 1.86. The Kier molecular flexibility index (Phi) is 3.47. The van der Waals surface area contributed by atoms with Crippen LogP contribution in [0.25, 0.3) is 17.1 Å². The topological polar surface area (TPSA) is 30.7 Å². The van der Waals surface area contributed by atoms with Gasteiger partial charge in [0, 0.05) is 10.6 Å². The lowest BCUT2D eigenvalue weighted by molar-refractivity contribution is 0.883. The predicted octanol–water partition coefficient (Wildman–Crippen LogP) is 4.55. The van der Waals surface area contributed by atoms with E-state index in [0.717, 1.165) is 11.3 Å². The Morgan fingerprint density at radius 1 is 0.900 bits per heavy atom. The minimum Gasteiger partial charge on any atom is -0.203 e. The Balaban J connectivity index is 2.02. The van der Waals surface area contributed by atoms with Gasteiger partial charge in [-0.2, -0.15) is 4.98 Å². The molecule has 20 heavy (non-hydrogen) atoms. The summed E-state index contributed by atoms with van der Waals surface area (Å²) in [7, 11) is 0. The largest absolute Gasteiger partial charge is 0.226 e. The average Bonchev–Trinajstić information content (AvgIpc) is 2.82. The van der Waals surface area contributed by atoms with E-state index in [1.807, 2.05) is 43.3 Å². The molecule has 0 N–H and O–H groups in total. The molecule has 1 heterocycles. The molecule has 0 spiro atoms. The zero-order valence-electron chi connectivity index (χ0n) is 10.7. The lowest BCUT2D eigenvalue weighted by atomic mass is 10.1. The zero-order valence-corrected chi connectivity index (χ0v) is 12.2. The molecule has 2 aromatic carbocycles. The van der Waals surface area contributed by atoms with Gasteiger partial charge in [0.15, 0.2) is 5.82 Å². The molecule has 1 aromatic heterocycles. The summed E-state index contributed by atoms with van der Waals surface area (Å²) in [6.45, 7) is 2.04. The van der Waals surface area contributed by atoms with Gasteiger partial charge in [-0.25, -0.2) is 4.68 Å². The highest BCUT2D eigenvalue weighted by Crippen LogP contribution is 2.22. The highest BCUT2D eigenvalue weighted by atomic mass is 35.5. The summed E-state index contributed by atoms with van der Waals surface area (Å²) in [5.74, 6) is 0.602. The molecule has 0 fully saturated rings. The van der Waals surface area contributed by atoms with E-state index in [1.165, 1.54) is 5.56 Å². The maximum absolute atomic E-state index is 6.16. The standard InChI is InChI=1S/C15H11Cl2N3/c1-10-2-4-11(5-3-10)14-18-15(17)20(19-14)13-8-6-12(16)7-9-13/h2-9H,1H3. The predicted molar refractivity (Wildman–Crippen MR) is 81.6 cm³/mol. The smallest absolute Gasteiger partial charge is 0.203 e. The van der Waals surface area contributed by atoms with Gasteiger partial charge in [-0.1, -0.05) is 41.4 Å². The van der Waals surface area contributed by atoms with Crippen molar-refractivity contribution in [3.8, 4) is 17.1 Å². The van der Waals surface area contributed by atoms with Crippen LogP contribution in [0.2, 0.25) is 10.3 Å². The van der Waals surface area contributed by atoms with Crippen LogP contribution in [-0.4, -0.2) is 14.8 Å². The molecule has 0 saturated carbocycles. The Bertz CT molecular complexity index is 731. The van der Waals surface area contributed by atoms with Crippen molar-refractivity contribution in [3.63, 3.8) is 0 Å². The molecule has 3 nitrogen and oxygen atoms in total. The van der Waals surface area contributed by atoms with Crippen LogP contribution in [0.4, 0.5) is 0 Å². The van der Waals surface area contributed by atoms with Crippen molar-refractivity contribution < 1.29 is 0 Å². The first-order valence-electron chi connectivity index (χ1n) is 6.09. The van der Waals surface area contributed by atoms with Crippen LogP contribution in [-0.2, 0) is 0 Å². The van der Waals surface area contributed by atoms with Crippen molar-refractivity contribution in [2.75, 3.05) is 0 Å². The summed E-state index contributed by atoms with van der Waals surface area (Å²) in [5.41, 5.74) is 2.95. The van der Waals surface area contributed by atoms with Gasteiger partial charge >= 0.3 is 0 Å². The van der Waals surface area contributed by atoms with Crippen LogP contribution in [0.3, 0.4) is 0 Å². The van der Waals surface area contributed by atoms with E-state index in [1.54, 1.807) is 16.8 Å². The third-order valence-corrected chi connectivity index (χ3v) is 3.45. The molecule has 0 unspecified atom stereocenters. The van der Waals surface area contributed by atoms with Crippen molar-refractivity contribution in [1.29, 1.82) is 0 Å². The van der Waals surface area contributed by atoms with Crippen molar-refractivity contribution >= 4 is 23.2 Å². The second-order valence-corrected chi connectivity index (χ2v) is 5.23. The van der Waals surface area contributed by atoms with Gasteiger partial charge in [0.05, 0.1) is 5.69 Å². The summed E-state index contributed by atoms with van der Waals surface area (Å²) in [4.78, 5) is 4.29. The summed E-state index contributed by atoms with van der Waals surface area (Å²) in [6, 6.07) is 15.3. The number of aromatic nitrogens is 3. The molecule has 0 saturated heterocycles. The van der Waals surface area contributed by atoms with Gasteiger partial charge in [0.25, 0.3) is 0 Å². The Labute approximate surface area is 126 Å². The van der Waals surface area contributed by atoms with Crippen molar-refractivity contribution in [2.45, 2.75) is 6.92 Å². The molecule has 0 atom stereocenters. The molecule has 3 rings (SSSR count). The van der Waals surface area contributed by atoms with E-state index in [4.69, 9.17) is 23.2 Å². The maximum atomic E-state index is 6.16. The van der Waals surface area contributed by atoms with Gasteiger partial charge < -0.3 is 0 Å². The van der Waals surface area contributed by atoms with E-state index in [0.29, 0.717) is 16.1 Å². The molecule has 0 amide bonds. The number of rotatable bonds is 2. The first-order chi connectivity index (χ1) is 9.63. The summed E-state index contributed by atoms with van der Waals surface area (Å²) < 4.78 is 1.59. The molecule has 0 aliphatic rings. The number of hydrogen-bond donors (Lipinski definition) is 0. The molecule has 0 radical (unpaired) electrons. The van der Waals surface area contributed by atoms with E-state index in [-0.39, 0.29) is 0 Å². The Hall–Kier alpha value is -1.84. The molecule has 0 bridgehead atoms. The fraction of sp³-hybridized carbons (Fsp3) is 0.0667. The molecular weight excluding hydrogens is 293 g/mol. The van der Waals surface area contributed by atoms with Gasteiger partial charge in [0.2, 0.25) is 5.28 Å². The van der Waals surface area contributed by atoms with Crippen LogP contribution in [0, 0.1) is 6.92 Å². The van der Waals surface area contributed by atoms with Crippen LogP contribution in [0.5, 0.6) is 0 Å². The van der Waals surface area contributed by atoms with E-state index in [9.17, 15) is 0 Å². The van der Waals surface area contributed by atoms with E-state index in [2.05, 4.69) is 10.1 Å². The molecule has 0 aliphatic carbocycles. The third kappa shape index (κ3) is 2.55. The second kappa shape index (κ2) is 5.27. The quantitative estimate of drug-likeness (QED) is 0.695. The van der Waals surface area contributed by atoms with Crippen LogP contribution < -0.4 is 0 Å². The van der Waals surface area contributed by atoms with E-state index >= 15 is 0 Å². The van der Waals surface area contributed by atoms with Crippen molar-refractivity contribution in [2.24, 2.45) is 0 Å². The fourth-order valence-corrected chi connectivity index (χ4v) is 2.21. The van der Waals surface area contributed by atoms with Crippen molar-refractivity contribution in [3.05, 3.63) is 64.4 Å². The first kappa shape index (κ1) is 13.2. The number of aryl methyl sites for hydroxylation is 1. The minimum absolute atomic E-state index is 0.322. The van der Waals surface area contributed by atoms with Crippen LogP contribution >= 0.6 is 23.2 Å². The van der Waals surface area contributed by atoms with Crippen molar-refractivity contribution in [1.82, 2.24) is 14.8 Å². The van der Waals surface area contributed by atoms with Crippen LogP contribution in [0.15, 0.2) is 48.5 Å².